The van der Waals surface area contributed by atoms with Crippen LogP contribution < -0.4 is 9.46 Å². The minimum absolute atomic E-state index is 0.136. The number of anilines is 1. The summed E-state index contributed by atoms with van der Waals surface area (Å²) >= 11 is 0. The lowest BCUT2D eigenvalue weighted by atomic mass is 10.1. The third kappa shape index (κ3) is 2.49. The zero-order valence-electron chi connectivity index (χ0n) is 11.8. The van der Waals surface area contributed by atoms with Crippen LogP contribution >= 0.6 is 0 Å². The van der Waals surface area contributed by atoms with E-state index in [1.807, 2.05) is 19.9 Å². The van der Waals surface area contributed by atoms with Gasteiger partial charge in [-0.1, -0.05) is 6.07 Å². The molecule has 1 aromatic heterocycles. The Balaban J connectivity index is 2.43. The quantitative estimate of drug-likeness (QED) is 0.905. The number of sulfonamides is 1. The van der Waals surface area contributed by atoms with E-state index in [-0.39, 0.29) is 4.90 Å². The number of methoxy groups -OCH3 is 1. The molecule has 0 unspecified atom stereocenters. The van der Waals surface area contributed by atoms with E-state index in [4.69, 9.17) is 4.74 Å². The summed E-state index contributed by atoms with van der Waals surface area (Å²) in [5.41, 5.74) is 2.69. The minimum Gasteiger partial charge on any atom is -0.496 e. The summed E-state index contributed by atoms with van der Waals surface area (Å²) in [7, 11) is -2.10. The average molecular weight is 295 g/mol. The Morgan fingerprint density at radius 1 is 1.25 bits per heavy atom. The lowest BCUT2D eigenvalue weighted by Gasteiger charge is -2.14. The molecule has 7 heteroatoms. The van der Waals surface area contributed by atoms with Crippen LogP contribution in [0, 0.1) is 20.8 Å². The second kappa shape index (κ2) is 5.16. The summed E-state index contributed by atoms with van der Waals surface area (Å²) in [6, 6.07) is 3.53. The molecule has 108 valence electrons. The van der Waals surface area contributed by atoms with E-state index in [0.717, 1.165) is 11.1 Å². The van der Waals surface area contributed by atoms with Crippen molar-refractivity contribution in [3.63, 3.8) is 0 Å². The summed E-state index contributed by atoms with van der Waals surface area (Å²) in [6.07, 6.45) is 1.29. The molecule has 0 saturated carbocycles. The number of ether oxygens (including phenoxy) is 1. The van der Waals surface area contributed by atoms with Crippen LogP contribution in [0.5, 0.6) is 5.75 Å². The van der Waals surface area contributed by atoms with E-state index in [9.17, 15) is 8.42 Å². The number of hydrogen-bond acceptors (Lipinski definition) is 4. The van der Waals surface area contributed by atoms with E-state index in [1.165, 1.54) is 6.20 Å². The summed E-state index contributed by atoms with van der Waals surface area (Å²) in [4.78, 5) is 0.136. The molecular formula is C13H17N3O3S. The molecule has 0 aliphatic rings. The molecular weight excluding hydrogens is 278 g/mol. The van der Waals surface area contributed by atoms with Crippen LogP contribution in [0.25, 0.3) is 0 Å². The Labute approximate surface area is 118 Å². The Morgan fingerprint density at radius 2 is 1.95 bits per heavy atom. The first-order chi connectivity index (χ1) is 9.36. The van der Waals surface area contributed by atoms with Crippen molar-refractivity contribution < 1.29 is 13.2 Å². The molecule has 0 aliphatic carbocycles. The van der Waals surface area contributed by atoms with E-state index in [2.05, 4.69) is 14.9 Å². The molecule has 20 heavy (non-hydrogen) atoms. The number of nitrogens with zero attached hydrogens (tertiary/aromatic N) is 1. The van der Waals surface area contributed by atoms with Crippen molar-refractivity contribution in [1.82, 2.24) is 10.2 Å². The van der Waals surface area contributed by atoms with Crippen LogP contribution in [-0.4, -0.2) is 25.7 Å². The van der Waals surface area contributed by atoms with Gasteiger partial charge < -0.3 is 4.74 Å². The van der Waals surface area contributed by atoms with Crippen LogP contribution in [-0.2, 0) is 10.0 Å². The van der Waals surface area contributed by atoms with Crippen molar-refractivity contribution in [1.29, 1.82) is 0 Å². The van der Waals surface area contributed by atoms with Gasteiger partial charge in [0.2, 0.25) is 0 Å². The van der Waals surface area contributed by atoms with Gasteiger partial charge in [0.25, 0.3) is 10.0 Å². The SMILES string of the molecule is COc1c(C)ccc(NS(=O)(=O)c2cn[nH]c2C)c1C. The van der Waals surface area contributed by atoms with Gasteiger partial charge in [0, 0.05) is 5.56 Å². The molecule has 0 saturated heterocycles. The van der Waals surface area contributed by atoms with Gasteiger partial charge in [-0.2, -0.15) is 5.10 Å². The predicted molar refractivity (Wildman–Crippen MR) is 76.6 cm³/mol. The highest BCUT2D eigenvalue weighted by atomic mass is 32.2. The maximum atomic E-state index is 12.3. The zero-order chi connectivity index (χ0) is 14.9. The number of aromatic nitrogens is 2. The van der Waals surface area contributed by atoms with Crippen molar-refractivity contribution in [3.05, 3.63) is 35.2 Å². The number of rotatable bonds is 4. The molecule has 2 N–H and O–H groups in total. The van der Waals surface area contributed by atoms with Gasteiger partial charge in [0.1, 0.15) is 10.6 Å². The van der Waals surface area contributed by atoms with Crippen molar-refractivity contribution in [3.8, 4) is 5.75 Å². The number of H-pyrrole nitrogens is 1. The zero-order valence-corrected chi connectivity index (χ0v) is 12.6. The van der Waals surface area contributed by atoms with Crippen LogP contribution in [0.1, 0.15) is 16.8 Å². The standard InChI is InChI=1S/C13H17N3O3S/c1-8-5-6-11(9(2)13(8)19-4)16-20(17,18)12-7-14-15-10(12)3/h5-7,16H,1-4H3,(H,14,15). The molecule has 0 amide bonds. The first kappa shape index (κ1) is 14.4. The Bertz CT molecular complexity index is 735. The fourth-order valence-corrected chi connectivity index (χ4v) is 3.32. The summed E-state index contributed by atoms with van der Waals surface area (Å²) in [6.45, 7) is 5.38. The van der Waals surface area contributed by atoms with Crippen LogP contribution in [0.2, 0.25) is 0 Å². The number of nitrogens with one attached hydrogen (secondary N) is 2. The van der Waals surface area contributed by atoms with Crippen molar-refractivity contribution >= 4 is 15.7 Å². The molecule has 6 nitrogen and oxygen atoms in total. The van der Waals surface area contributed by atoms with Gasteiger partial charge in [0.05, 0.1) is 24.7 Å². The van der Waals surface area contributed by atoms with Crippen molar-refractivity contribution in [2.24, 2.45) is 0 Å². The second-order valence-corrected chi connectivity index (χ2v) is 6.20. The lowest BCUT2D eigenvalue weighted by Crippen LogP contribution is -2.14. The molecule has 2 rings (SSSR count). The number of aromatic amines is 1. The maximum Gasteiger partial charge on any atom is 0.265 e. The fourth-order valence-electron chi connectivity index (χ4n) is 2.06. The van der Waals surface area contributed by atoms with E-state index < -0.39 is 10.0 Å². The van der Waals surface area contributed by atoms with Gasteiger partial charge in [-0.25, -0.2) is 8.42 Å². The molecule has 2 aromatic rings. The third-order valence-corrected chi connectivity index (χ3v) is 4.60. The van der Waals surface area contributed by atoms with Crippen LogP contribution in [0.3, 0.4) is 0 Å². The fraction of sp³-hybridized carbons (Fsp3) is 0.308. The van der Waals surface area contributed by atoms with Crippen molar-refractivity contribution in [2.75, 3.05) is 11.8 Å². The Kier molecular flexibility index (Phi) is 3.71. The van der Waals surface area contributed by atoms with Gasteiger partial charge in [-0.05, 0) is 32.4 Å². The van der Waals surface area contributed by atoms with E-state index >= 15 is 0 Å². The van der Waals surface area contributed by atoms with Gasteiger partial charge in [-0.15, -0.1) is 0 Å². The Morgan fingerprint density at radius 3 is 2.50 bits per heavy atom. The average Bonchev–Trinajstić information content (AvgIpc) is 2.81. The van der Waals surface area contributed by atoms with E-state index in [0.29, 0.717) is 17.1 Å². The largest absolute Gasteiger partial charge is 0.496 e. The first-order valence-corrected chi connectivity index (χ1v) is 7.52. The van der Waals surface area contributed by atoms with E-state index in [1.54, 1.807) is 20.1 Å². The summed E-state index contributed by atoms with van der Waals surface area (Å²) < 4.78 is 32.5. The molecule has 0 atom stereocenters. The maximum absolute atomic E-state index is 12.3. The molecule has 0 fully saturated rings. The lowest BCUT2D eigenvalue weighted by molar-refractivity contribution is 0.409. The third-order valence-electron chi connectivity index (χ3n) is 3.12. The number of benzene rings is 1. The molecule has 0 spiro atoms. The highest BCUT2D eigenvalue weighted by Gasteiger charge is 2.20. The summed E-state index contributed by atoms with van der Waals surface area (Å²) in [5.74, 6) is 0.675. The molecule has 0 bridgehead atoms. The molecule has 0 aliphatic heterocycles. The smallest absolute Gasteiger partial charge is 0.265 e. The van der Waals surface area contributed by atoms with Gasteiger partial charge in [0.15, 0.2) is 0 Å². The Hall–Kier alpha value is -2.02. The van der Waals surface area contributed by atoms with Gasteiger partial charge in [-0.3, -0.25) is 9.82 Å². The second-order valence-electron chi connectivity index (χ2n) is 4.55. The van der Waals surface area contributed by atoms with Crippen molar-refractivity contribution in [2.45, 2.75) is 25.7 Å². The number of aryl methyl sites for hydroxylation is 2. The van der Waals surface area contributed by atoms with Crippen LogP contribution in [0.15, 0.2) is 23.2 Å². The predicted octanol–water partition coefficient (Wildman–Crippen LogP) is 2.14. The minimum atomic E-state index is -3.66. The monoisotopic (exact) mass is 295 g/mol. The first-order valence-electron chi connectivity index (χ1n) is 6.04. The number of hydrogen-bond donors (Lipinski definition) is 2. The summed E-state index contributed by atoms with van der Waals surface area (Å²) in [5, 5.41) is 6.34. The topological polar surface area (TPSA) is 84.1 Å². The molecule has 1 heterocycles. The molecule has 1 aromatic carbocycles. The normalized spacial score (nSPS) is 11.4. The molecule has 0 radical (unpaired) electrons. The van der Waals surface area contributed by atoms with Crippen LogP contribution in [0.4, 0.5) is 5.69 Å². The van der Waals surface area contributed by atoms with Gasteiger partial charge >= 0.3 is 0 Å². The highest BCUT2D eigenvalue weighted by Crippen LogP contribution is 2.30. The highest BCUT2D eigenvalue weighted by molar-refractivity contribution is 7.92.